The Balaban J connectivity index is 2.11. The van der Waals surface area contributed by atoms with E-state index in [2.05, 4.69) is 11.1 Å². The van der Waals surface area contributed by atoms with Crippen LogP contribution in [0.25, 0.3) is 20.8 Å². The lowest BCUT2D eigenvalue weighted by atomic mass is 10.2. The monoisotopic (exact) mass is 327 g/mol. The van der Waals surface area contributed by atoms with Gasteiger partial charge in [-0.2, -0.15) is 0 Å². The number of hydrogen-bond donors (Lipinski definition) is 0. The Morgan fingerprint density at radius 3 is 2.58 bits per heavy atom. The Morgan fingerprint density at radius 1 is 1.00 bits per heavy atom. The zero-order valence-electron chi connectivity index (χ0n) is 9.66. The van der Waals surface area contributed by atoms with Crippen molar-refractivity contribution in [3.63, 3.8) is 0 Å². The van der Waals surface area contributed by atoms with E-state index in [-0.39, 0.29) is 0 Å². The first-order valence-electron chi connectivity index (χ1n) is 5.58. The zero-order chi connectivity index (χ0) is 13.4. The molecule has 2 aromatic carbocycles. The Labute approximate surface area is 129 Å². The number of hydrogen-bond acceptors (Lipinski definition) is 2. The molecule has 0 spiro atoms. The number of fused-ring (bicyclic) bond motifs is 1. The lowest BCUT2D eigenvalue weighted by molar-refractivity contribution is 1.41. The number of nitrogens with zero attached hydrogens (tertiary/aromatic N) is 1. The molecular formula is C14H8Cl3NS. The molecule has 3 aromatic rings. The molecule has 96 valence electrons. The normalized spacial score (nSPS) is 11.1. The summed E-state index contributed by atoms with van der Waals surface area (Å²) < 4.78 is 1.12. The molecule has 0 fully saturated rings. The number of thiazole rings is 1. The van der Waals surface area contributed by atoms with Gasteiger partial charge in [0.2, 0.25) is 0 Å². The molecule has 19 heavy (non-hydrogen) atoms. The van der Waals surface area contributed by atoms with Crippen LogP contribution in [0.5, 0.6) is 0 Å². The van der Waals surface area contributed by atoms with E-state index in [1.807, 2.05) is 24.3 Å². The van der Waals surface area contributed by atoms with Gasteiger partial charge in [0.25, 0.3) is 0 Å². The quantitative estimate of drug-likeness (QED) is 0.525. The van der Waals surface area contributed by atoms with Crippen LogP contribution in [0, 0.1) is 0 Å². The minimum absolute atomic E-state index is 0.510. The molecule has 0 saturated carbocycles. The maximum Gasteiger partial charge on any atom is 0.124 e. The first-order chi connectivity index (χ1) is 9.17. The molecule has 0 radical (unpaired) electrons. The van der Waals surface area contributed by atoms with Gasteiger partial charge < -0.3 is 0 Å². The summed E-state index contributed by atoms with van der Waals surface area (Å²) in [4.78, 5) is 4.60. The summed E-state index contributed by atoms with van der Waals surface area (Å²) in [6.07, 6.45) is 0. The van der Waals surface area contributed by atoms with Crippen LogP contribution in [-0.4, -0.2) is 4.98 Å². The smallest absolute Gasteiger partial charge is 0.124 e. The van der Waals surface area contributed by atoms with E-state index in [4.69, 9.17) is 34.8 Å². The number of alkyl halides is 1. The van der Waals surface area contributed by atoms with Gasteiger partial charge in [0.05, 0.1) is 20.3 Å². The fourth-order valence-corrected chi connectivity index (χ4v) is 3.29. The van der Waals surface area contributed by atoms with Crippen molar-refractivity contribution in [2.24, 2.45) is 0 Å². The van der Waals surface area contributed by atoms with E-state index >= 15 is 0 Å². The Morgan fingerprint density at radius 2 is 1.84 bits per heavy atom. The summed E-state index contributed by atoms with van der Waals surface area (Å²) >= 11 is 19.4. The summed E-state index contributed by atoms with van der Waals surface area (Å²) in [5, 5.41) is 2.02. The highest BCUT2D eigenvalue weighted by Gasteiger charge is 2.08. The maximum atomic E-state index is 6.04. The molecule has 1 nitrogen and oxygen atoms in total. The third kappa shape index (κ3) is 2.59. The minimum Gasteiger partial charge on any atom is -0.236 e. The summed E-state index contributed by atoms with van der Waals surface area (Å²) in [5.74, 6) is 0.510. The molecule has 1 aromatic heterocycles. The van der Waals surface area contributed by atoms with Crippen molar-refractivity contribution >= 4 is 56.4 Å². The van der Waals surface area contributed by atoms with Gasteiger partial charge in [-0.1, -0.05) is 35.3 Å². The molecule has 0 aliphatic heterocycles. The lowest BCUT2D eigenvalue weighted by Crippen LogP contribution is -1.77. The molecule has 5 heteroatoms. The molecule has 0 amide bonds. The van der Waals surface area contributed by atoms with Gasteiger partial charge in [-0.25, -0.2) is 4.98 Å². The molecular weight excluding hydrogens is 321 g/mol. The predicted octanol–water partition coefficient (Wildman–Crippen LogP) is 6.01. The van der Waals surface area contributed by atoms with Crippen LogP contribution in [0.3, 0.4) is 0 Å². The van der Waals surface area contributed by atoms with Crippen molar-refractivity contribution in [2.45, 2.75) is 5.88 Å². The van der Waals surface area contributed by atoms with E-state index in [1.54, 1.807) is 17.4 Å². The van der Waals surface area contributed by atoms with Gasteiger partial charge in [-0.3, -0.25) is 0 Å². The standard InChI is InChI=1S/C14H8Cl3NS/c15-7-8-1-4-12-13(5-8)19-14(18-12)9-2-3-10(16)11(17)6-9/h1-6H,7H2. The summed E-state index contributed by atoms with van der Waals surface area (Å²) in [6, 6.07) is 11.6. The van der Waals surface area contributed by atoms with Crippen LogP contribution in [0.4, 0.5) is 0 Å². The highest BCUT2D eigenvalue weighted by molar-refractivity contribution is 7.21. The van der Waals surface area contributed by atoms with Gasteiger partial charge in [-0.15, -0.1) is 22.9 Å². The average molecular weight is 329 g/mol. The molecule has 3 rings (SSSR count). The first-order valence-corrected chi connectivity index (χ1v) is 7.69. The average Bonchev–Trinajstić information content (AvgIpc) is 2.84. The SMILES string of the molecule is ClCc1ccc2nc(-c3ccc(Cl)c(Cl)c3)sc2c1. The topological polar surface area (TPSA) is 12.9 Å². The Kier molecular flexibility index (Phi) is 3.68. The van der Waals surface area contributed by atoms with Crippen LogP contribution in [0.1, 0.15) is 5.56 Å². The Bertz CT molecular complexity index is 752. The zero-order valence-corrected chi connectivity index (χ0v) is 12.7. The third-order valence-electron chi connectivity index (χ3n) is 2.77. The second kappa shape index (κ2) is 5.29. The summed E-state index contributed by atoms with van der Waals surface area (Å²) in [7, 11) is 0. The van der Waals surface area contributed by atoms with Gasteiger partial charge >= 0.3 is 0 Å². The van der Waals surface area contributed by atoms with Gasteiger partial charge in [0.1, 0.15) is 5.01 Å². The van der Waals surface area contributed by atoms with Crippen molar-refractivity contribution < 1.29 is 0 Å². The van der Waals surface area contributed by atoms with E-state index < -0.39 is 0 Å². The minimum atomic E-state index is 0.510. The second-order valence-electron chi connectivity index (χ2n) is 4.08. The van der Waals surface area contributed by atoms with E-state index in [1.165, 1.54) is 0 Å². The lowest BCUT2D eigenvalue weighted by Gasteiger charge is -1.98. The number of rotatable bonds is 2. The Hall–Kier alpha value is -0.800. The van der Waals surface area contributed by atoms with E-state index in [0.29, 0.717) is 15.9 Å². The summed E-state index contributed by atoms with van der Waals surface area (Å²) in [6.45, 7) is 0. The number of aromatic nitrogens is 1. The fourth-order valence-electron chi connectivity index (χ4n) is 1.80. The summed E-state index contributed by atoms with van der Waals surface area (Å²) in [5.41, 5.74) is 3.04. The molecule has 0 saturated heterocycles. The first kappa shape index (κ1) is 13.2. The molecule has 0 unspecified atom stereocenters. The van der Waals surface area contributed by atoms with Crippen molar-refractivity contribution in [1.29, 1.82) is 0 Å². The molecule has 1 heterocycles. The van der Waals surface area contributed by atoms with E-state index in [0.717, 1.165) is 26.4 Å². The van der Waals surface area contributed by atoms with Gasteiger partial charge in [-0.05, 0) is 29.8 Å². The molecule has 0 atom stereocenters. The number of halogens is 3. The van der Waals surface area contributed by atoms with Crippen LogP contribution in [-0.2, 0) is 5.88 Å². The predicted molar refractivity (Wildman–Crippen MR) is 84.6 cm³/mol. The van der Waals surface area contributed by atoms with Gasteiger partial charge in [0.15, 0.2) is 0 Å². The fraction of sp³-hybridized carbons (Fsp3) is 0.0714. The largest absolute Gasteiger partial charge is 0.236 e. The van der Waals surface area contributed by atoms with Crippen molar-refractivity contribution in [3.05, 3.63) is 52.0 Å². The molecule has 0 N–H and O–H groups in total. The van der Waals surface area contributed by atoms with Crippen LogP contribution >= 0.6 is 46.1 Å². The van der Waals surface area contributed by atoms with Crippen molar-refractivity contribution in [3.8, 4) is 10.6 Å². The second-order valence-corrected chi connectivity index (χ2v) is 6.20. The molecule has 0 aliphatic carbocycles. The molecule has 0 aliphatic rings. The van der Waals surface area contributed by atoms with Crippen LogP contribution in [0.2, 0.25) is 10.0 Å². The van der Waals surface area contributed by atoms with Crippen molar-refractivity contribution in [1.82, 2.24) is 4.98 Å². The number of benzene rings is 2. The van der Waals surface area contributed by atoms with Gasteiger partial charge in [0, 0.05) is 11.4 Å². The maximum absolute atomic E-state index is 6.04. The molecule has 0 bridgehead atoms. The third-order valence-corrected chi connectivity index (χ3v) is 4.89. The highest BCUT2D eigenvalue weighted by atomic mass is 35.5. The van der Waals surface area contributed by atoms with Crippen LogP contribution in [0.15, 0.2) is 36.4 Å². The van der Waals surface area contributed by atoms with E-state index in [9.17, 15) is 0 Å². The van der Waals surface area contributed by atoms with Crippen molar-refractivity contribution in [2.75, 3.05) is 0 Å². The van der Waals surface area contributed by atoms with Crippen LogP contribution < -0.4 is 0 Å². The highest BCUT2D eigenvalue weighted by Crippen LogP contribution is 2.34.